The van der Waals surface area contributed by atoms with Crippen LogP contribution in [-0.4, -0.2) is 29.9 Å². The van der Waals surface area contributed by atoms with Gasteiger partial charge in [0.25, 0.3) is 0 Å². The number of nitrogens with one attached hydrogen (secondary N) is 2. The first-order valence-electron chi connectivity index (χ1n) is 10.2. The molecule has 0 saturated carbocycles. The number of hydrogen-bond acceptors (Lipinski definition) is 4. The first-order chi connectivity index (χ1) is 14.0. The molecule has 0 aromatic heterocycles. The predicted molar refractivity (Wildman–Crippen MR) is 120 cm³/mol. The quantitative estimate of drug-likeness (QED) is 0.547. The van der Waals surface area contributed by atoms with Crippen LogP contribution in [0, 0.1) is 11.8 Å². The molecule has 0 fully saturated rings. The highest BCUT2D eigenvalue weighted by Gasteiger charge is 2.21. The van der Waals surface area contributed by atoms with Crippen molar-refractivity contribution in [2.45, 2.75) is 50.3 Å². The van der Waals surface area contributed by atoms with Crippen LogP contribution in [-0.2, 0) is 32.9 Å². The van der Waals surface area contributed by atoms with Gasteiger partial charge < -0.3 is 0 Å². The third-order valence-corrected chi connectivity index (χ3v) is 7.60. The van der Waals surface area contributed by atoms with E-state index in [1.807, 2.05) is 27.7 Å². The molecule has 2 N–H and O–H groups in total. The molecule has 8 heteroatoms. The van der Waals surface area contributed by atoms with Crippen molar-refractivity contribution < 1.29 is 16.8 Å². The second-order valence-electron chi connectivity index (χ2n) is 8.21. The fraction of sp³-hybridized carbons (Fsp3) is 0.455. The molecule has 166 valence electrons. The third-order valence-electron chi connectivity index (χ3n) is 4.55. The van der Waals surface area contributed by atoms with Gasteiger partial charge in [0, 0.05) is 13.1 Å². The van der Waals surface area contributed by atoms with E-state index in [9.17, 15) is 16.8 Å². The Morgan fingerprint density at radius 1 is 0.633 bits per heavy atom. The first kappa shape index (κ1) is 24.5. The topological polar surface area (TPSA) is 92.3 Å². The smallest absolute Gasteiger partial charge is 0.211 e. The molecular weight excluding hydrogens is 420 g/mol. The molecule has 0 spiro atoms. The van der Waals surface area contributed by atoms with Gasteiger partial charge in [0.2, 0.25) is 20.0 Å². The maximum atomic E-state index is 12.7. The molecule has 0 aliphatic heterocycles. The van der Waals surface area contributed by atoms with Crippen LogP contribution in [0.15, 0.2) is 58.3 Å². The molecule has 0 amide bonds. The largest absolute Gasteiger partial charge is 0.240 e. The minimum Gasteiger partial charge on any atom is -0.211 e. The van der Waals surface area contributed by atoms with E-state index in [2.05, 4.69) is 9.44 Å². The van der Waals surface area contributed by atoms with Gasteiger partial charge in [-0.15, -0.1) is 0 Å². The van der Waals surface area contributed by atoms with Crippen molar-refractivity contribution >= 4 is 20.0 Å². The van der Waals surface area contributed by atoms with Crippen molar-refractivity contribution in [2.75, 3.05) is 13.1 Å². The summed E-state index contributed by atoms with van der Waals surface area (Å²) in [6.45, 7) is 8.50. The maximum Gasteiger partial charge on any atom is 0.240 e. The summed E-state index contributed by atoms with van der Waals surface area (Å²) in [4.78, 5) is 0.479. The van der Waals surface area contributed by atoms with Gasteiger partial charge in [-0.3, -0.25) is 0 Å². The van der Waals surface area contributed by atoms with Crippen molar-refractivity contribution in [3.8, 4) is 0 Å². The molecule has 0 heterocycles. The van der Waals surface area contributed by atoms with E-state index >= 15 is 0 Å². The van der Waals surface area contributed by atoms with Crippen LogP contribution >= 0.6 is 0 Å². The predicted octanol–water partition coefficient (Wildman–Crippen LogP) is 3.34. The van der Waals surface area contributed by atoms with E-state index in [-0.39, 0.29) is 21.6 Å². The van der Waals surface area contributed by atoms with Crippen LogP contribution in [0.25, 0.3) is 0 Å². The minimum atomic E-state index is -3.63. The molecule has 6 nitrogen and oxygen atoms in total. The van der Waals surface area contributed by atoms with E-state index in [0.717, 1.165) is 0 Å². The average Bonchev–Trinajstić information content (AvgIpc) is 2.70. The van der Waals surface area contributed by atoms with Gasteiger partial charge >= 0.3 is 0 Å². The Balaban J connectivity index is 2.26. The van der Waals surface area contributed by atoms with Gasteiger partial charge in [0.1, 0.15) is 0 Å². The first-order valence-corrected chi connectivity index (χ1v) is 13.1. The molecule has 2 rings (SSSR count). The molecule has 0 atom stereocenters. The Hall–Kier alpha value is -1.74. The Labute approximate surface area is 181 Å². The summed E-state index contributed by atoms with van der Waals surface area (Å²) in [5.41, 5.74) is 1.33. The Morgan fingerprint density at radius 2 is 0.967 bits per heavy atom. The molecule has 0 unspecified atom stereocenters. The van der Waals surface area contributed by atoms with E-state index in [1.165, 1.54) is 0 Å². The van der Waals surface area contributed by atoms with Crippen LogP contribution in [0.3, 0.4) is 0 Å². The fourth-order valence-electron chi connectivity index (χ4n) is 2.92. The molecule has 2 aromatic carbocycles. The highest BCUT2D eigenvalue weighted by molar-refractivity contribution is 7.89. The number of rotatable bonds is 11. The molecule has 0 aliphatic rings. The SMILES string of the molecule is CC(C)CNS(=O)(=O)c1ccccc1CCc1ccccc1S(=O)(=O)NCC(C)C. The molecular formula is C22H32N2O4S2. The van der Waals surface area contributed by atoms with Crippen molar-refractivity contribution in [3.05, 3.63) is 59.7 Å². The van der Waals surface area contributed by atoms with E-state index in [4.69, 9.17) is 0 Å². The van der Waals surface area contributed by atoms with Gasteiger partial charge in [0.05, 0.1) is 9.79 Å². The fourth-order valence-corrected chi connectivity index (χ4v) is 5.89. The van der Waals surface area contributed by atoms with E-state index in [1.54, 1.807) is 48.5 Å². The second-order valence-corrected chi connectivity index (χ2v) is 11.7. The third kappa shape index (κ3) is 6.91. The van der Waals surface area contributed by atoms with Crippen LogP contribution in [0.2, 0.25) is 0 Å². The standard InChI is InChI=1S/C22H32N2O4S2/c1-17(2)15-23-29(25,26)21-11-7-5-9-19(21)13-14-20-10-6-8-12-22(20)30(27,28)24-16-18(3)4/h5-12,17-18,23-24H,13-16H2,1-4H3. The summed E-state index contributed by atoms with van der Waals surface area (Å²) in [6.07, 6.45) is 0.824. The number of benzene rings is 2. The lowest BCUT2D eigenvalue weighted by molar-refractivity contribution is 0.557. The van der Waals surface area contributed by atoms with Crippen molar-refractivity contribution in [3.63, 3.8) is 0 Å². The summed E-state index contributed by atoms with van der Waals surface area (Å²) in [7, 11) is -7.26. The highest BCUT2D eigenvalue weighted by Crippen LogP contribution is 2.21. The zero-order valence-corrected chi connectivity index (χ0v) is 19.7. The number of aryl methyl sites for hydroxylation is 2. The lowest BCUT2D eigenvalue weighted by Crippen LogP contribution is -2.29. The summed E-state index contributed by atoms with van der Waals surface area (Å²) in [6, 6.07) is 13.7. The maximum absolute atomic E-state index is 12.7. The molecule has 30 heavy (non-hydrogen) atoms. The molecule has 0 radical (unpaired) electrons. The monoisotopic (exact) mass is 452 g/mol. The van der Waals surface area contributed by atoms with Gasteiger partial charge in [0.15, 0.2) is 0 Å². The van der Waals surface area contributed by atoms with E-state index in [0.29, 0.717) is 37.1 Å². The average molecular weight is 453 g/mol. The van der Waals surface area contributed by atoms with Gasteiger partial charge in [-0.1, -0.05) is 64.1 Å². The summed E-state index contributed by atoms with van der Waals surface area (Å²) < 4.78 is 56.2. The second kappa shape index (κ2) is 10.5. The summed E-state index contributed by atoms with van der Waals surface area (Å²) in [5.74, 6) is 0.393. The molecule has 2 aromatic rings. The minimum absolute atomic E-state index is 0.197. The Morgan fingerprint density at radius 3 is 1.30 bits per heavy atom. The zero-order chi connectivity index (χ0) is 22.4. The lowest BCUT2D eigenvalue weighted by atomic mass is 10.0. The Bertz CT molecular complexity index is 961. The normalized spacial score (nSPS) is 12.6. The van der Waals surface area contributed by atoms with Gasteiger partial charge in [-0.2, -0.15) is 0 Å². The van der Waals surface area contributed by atoms with Gasteiger partial charge in [-0.25, -0.2) is 26.3 Å². The Kier molecular flexibility index (Phi) is 8.61. The van der Waals surface area contributed by atoms with Gasteiger partial charge in [-0.05, 0) is 47.9 Å². The zero-order valence-electron chi connectivity index (χ0n) is 18.1. The number of hydrogen-bond donors (Lipinski definition) is 2. The summed E-state index contributed by atoms with van der Waals surface area (Å²) in [5, 5.41) is 0. The van der Waals surface area contributed by atoms with Crippen molar-refractivity contribution in [2.24, 2.45) is 11.8 Å². The van der Waals surface area contributed by atoms with Crippen LogP contribution in [0.5, 0.6) is 0 Å². The summed E-state index contributed by atoms with van der Waals surface area (Å²) >= 11 is 0. The molecule has 0 bridgehead atoms. The van der Waals surface area contributed by atoms with Crippen LogP contribution in [0.1, 0.15) is 38.8 Å². The van der Waals surface area contributed by atoms with Crippen LogP contribution in [0.4, 0.5) is 0 Å². The van der Waals surface area contributed by atoms with Crippen molar-refractivity contribution in [1.29, 1.82) is 0 Å². The highest BCUT2D eigenvalue weighted by atomic mass is 32.2. The lowest BCUT2D eigenvalue weighted by Gasteiger charge is -2.15. The molecule has 0 saturated heterocycles. The van der Waals surface area contributed by atoms with Crippen LogP contribution < -0.4 is 9.44 Å². The molecule has 0 aliphatic carbocycles. The van der Waals surface area contributed by atoms with E-state index < -0.39 is 20.0 Å². The number of sulfonamides is 2. The van der Waals surface area contributed by atoms with Crippen molar-refractivity contribution in [1.82, 2.24) is 9.44 Å².